The molecule has 0 aliphatic carbocycles. The molecule has 120 valence electrons. The Labute approximate surface area is 141 Å². The Morgan fingerprint density at radius 1 is 1.35 bits per heavy atom. The van der Waals surface area contributed by atoms with Crippen LogP contribution < -0.4 is 4.90 Å². The third-order valence-electron chi connectivity index (χ3n) is 3.20. The summed E-state index contributed by atoms with van der Waals surface area (Å²) >= 11 is 6.33. The van der Waals surface area contributed by atoms with Gasteiger partial charge in [0.2, 0.25) is 0 Å². The van der Waals surface area contributed by atoms with Gasteiger partial charge in [-0.1, -0.05) is 11.6 Å². The first-order chi connectivity index (χ1) is 11.0. The number of anilines is 1. The van der Waals surface area contributed by atoms with Crippen LogP contribution in [0.2, 0.25) is 5.02 Å². The van der Waals surface area contributed by atoms with Crippen LogP contribution in [0.1, 0.15) is 25.0 Å². The van der Waals surface area contributed by atoms with Gasteiger partial charge in [0.1, 0.15) is 19.7 Å². The molecule has 0 unspecified atom stereocenters. The van der Waals surface area contributed by atoms with Crippen LogP contribution in [0.4, 0.5) is 5.69 Å². The first-order valence-electron chi connectivity index (χ1n) is 7.14. The normalized spacial score (nSPS) is 9.48. The maximum atomic E-state index is 11.7. The van der Waals surface area contributed by atoms with Crippen molar-refractivity contribution in [1.82, 2.24) is 0 Å². The van der Waals surface area contributed by atoms with E-state index in [1.54, 1.807) is 13.0 Å². The molecular formula is C17H18ClN3O2. The predicted molar refractivity (Wildman–Crippen MR) is 91.9 cm³/mol. The Morgan fingerprint density at radius 2 is 2.00 bits per heavy atom. The molecule has 0 saturated carbocycles. The maximum absolute atomic E-state index is 11.7. The van der Waals surface area contributed by atoms with Crippen LogP contribution in [-0.4, -0.2) is 25.7 Å². The third kappa shape index (κ3) is 5.02. The smallest absolute Gasteiger partial charge is 0.465 e. The molecule has 6 heteroatoms. The number of aryl methyl sites for hydroxylation is 1. The summed E-state index contributed by atoms with van der Waals surface area (Å²) < 4.78 is 4.97. The summed E-state index contributed by atoms with van der Waals surface area (Å²) in [7, 11) is 0. The van der Waals surface area contributed by atoms with Crippen molar-refractivity contribution in [2.75, 3.05) is 24.6 Å². The number of carbonyl (C=O) groups excluding carboxylic acids is 1. The van der Waals surface area contributed by atoms with E-state index >= 15 is 0 Å². The lowest BCUT2D eigenvalue weighted by molar-refractivity contribution is -0.141. The van der Waals surface area contributed by atoms with Gasteiger partial charge in [-0.05, 0) is 44.0 Å². The summed E-state index contributed by atoms with van der Waals surface area (Å²) in [5.41, 5.74) is 2.31. The zero-order valence-corrected chi connectivity index (χ0v) is 14.1. The Hall–Kier alpha value is -2.50. The van der Waals surface area contributed by atoms with Crippen LogP contribution in [0.5, 0.6) is 0 Å². The summed E-state index contributed by atoms with van der Waals surface area (Å²) in [6, 6.07) is 3.55. The lowest BCUT2D eigenvalue weighted by Crippen LogP contribution is -2.31. The second kappa shape index (κ2) is 8.82. The minimum absolute atomic E-state index is 0.0178. The van der Waals surface area contributed by atoms with Crippen molar-refractivity contribution in [3.63, 3.8) is 0 Å². The van der Waals surface area contributed by atoms with Gasteiger partial charge in [-0.2, -0.15) is 9.69 Å². The van der Waals surface area contributed by atoms with Gasteiger partial charge < -0.3 is 9.64 Å². The molecule has 0 radical (unpaired) electrons. The van der Waals surface area contributed by atoms with Crippen molar-refractivity contribution in [3.8, 4) is 0 Å². The van der Waals surface area contributed by atoms with Crippen LogP contribution in [0.25, 0.3) is 15.8 Å². The summed E-state index contributed by atoms with van der Waals surface area (Å²) in [5, 5.41) is 0.460. The molecule has 0 aliphatic heterocycles. The van der Waals surface area contributed by atoms with Crippen LogP contribution in [0, 0.1) is 20.1 Å². The number of benzene rings is 1. The number of esters is 1. The maximum Gasteiger partial charge on any atom is 0.519 e. The lowest BCUT2D eigenvalue weighted by Gasteiger charge is -2.24. The van der Waals surface area contributed by atoms with E-state index in [-0.39, 0.29) is 18.3 Å². The largest absolute Gasteiger partial charge is 0.519 e. The van der Waals surface area contributed by atoms with Gasteiger partial charge in [0.05, 0.1) is 17.3 Å². The highest BCUT2D eigenvalue weighted by Gasteiger charge is 2.16. The number of carbonyl (C=O) groups is 1. The molecule has 23 heavy (non-hydrogen) atoms. The van der Waals surface area contributed by atoms with Gasteiger partial charge >= 0.3 is 11.8 Å². The zero-order valence-electron chi connectivity index (χ0n) is 13.4. The Bertz CT molecular complexity index is 683. The summed E-state index contributed by atoms with van der Waals surface area (Å²) in [6.45, 7) is 20.5. The molecule has 0 aliphatic rings. The van der Waals surface area contributed by atoms with Crippen molar-refractivity contribution >= 4 is 29.3 Å². The van der Waals surface area contributed by atoms with Crippen molar-refractivity contribution in [3.05, 3.63) is 56.9 Å². The van der Waals surface area contributed by atoms with E-state index in [2.05, 4.69) is 9.69 Å². The van der Waals surface area contributed by atoms with Gasteiger partial charge in [0, 0.05) is 12.6 Å². The average Bonchev–Trinajstić information content (AvgIpc) is 2.53. The number of likely N-dealkylation sites (N-methyl/N-ethyl adjacent to an activating group) is 1. The summed E-state index contributed by atoms with van der Waals surface area (Å²) in [5.74, 6) is -0.328. The second-order valence-corrected chi connectivity index (χ2v) is 5.11. The first-order valence-corrected chi connectivity index (χ1v) is 7.51. The predicted octanol–water partition coefficient (Wildman–Crippen LogP) is 4.17. The molecule has 1 aromatic carbocycles. The number of halogens is 1. The monoisotopic (exact) mass is 331 g/mol. The van der Waals surface area contributed by atoms with Crippen LogP contribution in [-0.2, 0) is 9.53 Å². The third-order valence-corrected chi connectivity index (χ3v) is 3.50. The topological polar surface area (TPSA) is 38.3 Å². The Morgan fingerprint density at radius 3 is 2.52 bits per heavy atom. The number of hydrogen-bond acceptors (Lipinski definition) is 3. The van der Waals surface area contributed by atoms with Gasteiger partial charge in [-0.3, -0.25) is 4.79 Å². The Kier molecular flexibility index (Phi) is 7.12. The van der Waals surface area contributed by atoms with Crippen molar-refractivity contribution < 1.29 is 9.53 Å². The van der Waals surface area contributed by atoms with Crippen molar-refractivity contribution in [2.24, 2.45) is 0 Å². The fourth-order valence-corrected chi connectivity index (χ4v) is 2.33. The Balaban J connectivity index is 3.18. The molecule has 1 aromatic rings. The van der Waals surface area contributed by atoms with E-state index in [4.69, 9.17) is 29.5 Å². The highest BCUT2D eigenvalue weighted by Crippen LogP contribution is 2.30. The second-order valence-electron chi connectivity index (χ2n) is 4.71. The molecule has 0 aromatic heterocycles. The summed E-state index contributed by atoms with van der Waals surface area (Å²) in [6.07, 6.45) is 1.51. The standard InChI is InChI=1S/C17H18ClN3O2/c1-6-21(11-17(22)23-7-2)15-8-12(3)13(9-14(15)18)10-16(19-4)20-5/h8-10H,6-7,11H2,1-3H3. The molecular weight excluding hydrogens is 314 g/mol. The molecule has 0 N–H and O–H groups in total. The minimum atomic E-state index is -0.310. The quantitative estimate of drug-likeness (QED) is 0.580. The molecule has 0 heterocycles. The molecule has 1 rings (SSSR count). The fraction of sp³-hybridized carbons (Fsp3) is 0.353. The van der Waals surface area contributed by atoms with E-state index in [0.29, 0.717) is 23.7 Å². The average molecular weight is 332 g/mol. The molecule has 0 atom stereocenters. The molecule has 0 amide bonds. The van der Waals surface area contributed by atoms with E-state index in [9.17, 15) is 4.79 Å². The zero-order chi connectivity index (χ0) is 17.4. The molecule has 0 bridgehead atoms. The van der Waals surface area contributed by atoms with Gasteiger partial charge in [-0.15, -0.1) is 0 Å². The highest BCUT2D eigenvalue weighted by molar-refractivity contribution is 6.33. The van der Waals surface area contributed by atoms with Crippen LogP contribution in [0.3, 0.4) is 0 Å². The number of rotatable bonds is 6. The SMILES string of the molecule is [C-]#[N+]C(=Cc1cc(Cl)c(N(CC)CC(=O)OCC)cc1C)[N+]#[C-]. The number of ether oxygens (including phenoxy) is 1. The van der Waals surface area contributed by atoms with Crippen LogP contribution >= 0.6 is 11.6 Å². The van der Waals surface area contributed by atoms with E-state index in [1.807, 2.05) is 24.8 Å². The fourth-order valence-electron chi connectivity index (χ4n) is 2.04. The number of hydrogen-bond donors (Lipinski definition) is 0. The first kappa shape index (κ1) is 18.5. The molecule has 0 fully saturated rings. The van der Waals surface area contributed by atoms with Gasteiger partial charge in [0.15, 0.2) is 0 Å². The van der Waals surface area contributed by atoms with Crippen molar-refractivity contribution in [1.29, 1.82) is 0 Å². The molecule has 0 spiro atoms. The summed E-state index contributed by atoms with van der Waals surface area (Å²) in [4.78, 5) is 19.8. The van der Waals surface area contributed by atoms with Crippen molar-refractivity contribution in [2.45, 2.75) is 20.8 Å². The minimum Gasteiger partial charge on any atom is -0.465 e. The number of nitrogens with zero attached hydrogens (tertiary/aromatic N) is 3. The van der Waals surface area contributed by atoms with Gasteiger partial charge in [0.25, 0.3) is 0 Å². The van der Waals surface area contributed by atoms with Crippen LogP contribution in [0.15, 0.2) is 18.0 Å². The molecule has 5 nitrogen and oxygen atoms in total. The van der Waals surface area contributed by atoms with Gasteiger partial charge in [-0.25, -0.2) is 0 Å². The van der Waals surface area contributed by atoms with E-state index in [0.717, 1.165) is 11.3 Å². The lowest BCUT2D eigenvalue weighted by atomic mass is 10.1. The highest BCUT2D eigenvalue weighted by atomic mass is 35.5. The van der Waals surface area contributed by atoms with E-state index in [1.165, 1.54) is 6.08 Å². The van der Waals surface area contributed by atoms with E-state index < -0.39 is 0 Å². The molecule has 0 saturated heterocycles.